The van der Waals surface area contributed by atoms with E-state index < -0.39 is 91.2 Å². The van der Waals surface area contributed by atoms with Crippen molar-refractivity contribution in [1.29, 1.82) is 0 Å². The summed E-state index contributed by atoms with van der Waals surface area (Å²) in [4.78, 5) is 76.4. The van der Waals surface area contributed by atoms with Gasteiger partial charge in [-0.1, -0.05) is 18.2 Å². The molecule has 0 saturated carbocycles. The monoisotopic (exact) mass is 822 g/mol. The highest BCUT2D eigenvalue weighted by Gasteiger charge is 2.45. The maximum absolute atomic E-state index is 13.4. The van der Waals surface area contributed by atoms with Crippen LogP contribution in [0.15, 0.2) is 30.3 Å². The number of carboxylic acid groups (broad SMARTS) is 1. The molecule has 1 aliphatic rings. The number of hydrogen-bond donors (Lipinski definition) is 9. The number of nitrogens with zero attached hydrogens (tertiary/aromatic N) is 3. The van der Waals surface area contributed by atoms with E-state index in [1.54, 1.807) is 7.05 Å². The van der Waals surface area contributed by atoms with Crippen molar-refractivity contribution in [1.82, 2.24) is 41.2 Å². The van der Waals surface area contributed by atoms with Gasteiger partial charge in [-0.05, 0) is 31.5 Å². The number of nitrogens with one attached hydrogen (secondary N) is 5. The van der Waals surface area contributed by atoms with Crippen LogP contribution in [-0.2, 0) is 56.1 Å². The molecule has 1 aromatic heterocycles. The predicted molar refractivity (Wildman–Crippen MR) is 206 cm³/mol. The number of ether oxygens (including phenoxy) is 3. The number of aryl methyl sites for hydroxylation is 1. The van der Waals surface area contributed by atoms with Crippen LogP contribution in [0.5, 0.6) is 0 Å². The van der Waals surface area contributed by atoms with Gasteiger partial charge in [-0.3, -0.25) is 29.4 Å². The minimum atomic E-state index is -1.62. The second-order valence-corrected chi connectivity index (χ2v) is 13.8. The van der Waals surface area contributed by atoms with E-state index in [1.807, 2.05) is 47.0 Å². The smallest absolute Gasteiger partial charge is 0.326 e. The SMILES string of the molecule is CNN(C)Cc1cc2ccccc2n1CCC(=O)NC(CC(=O)N[C@@H]1O[C@H](CO)[C@@H](O)[C@H](O)[C@H]1NC(C)=O)C(=O)NCCOCCOCCC(=O)N(C)C(C)C(=O)O. The lowest BCUT2D eigenvalue weighted by atomic mass is 9.95. The van der Waals surface area contributed by atoms with Gasteiger partial charge in [-0.15, -0.1) is 0 Å². The predicted octanol–water partition coefficient (Wildman–Crippen LogP) is -3.00. The van der Waals surface area contributed by atoms with Crippen LogP contribution in [0.2, 0.25) is 0 Å². The van der Waals surface area contributed by atoms with Gasteiger partial charge in [0.25, 0.3) is 0 Å². The molecule has 324 valence electrons. The van der Waals surface area contributed by atoms with E-state index in [2.05, 4.69) is 26.7 Å². The molecule has 1 fully saturated rings. The number of aromatic nitrogens is 1. The molecule has 0 radical (unpaired) electrons. The minimum Gasteiger partial charge on any atom is -0.480 e. The molecular formula is C37H58N8O13. The molecule has 0 bridgehead atoms. The van der Waals surface area contributed by atoms with E-state index >= 15 is 0 Å². The zero-order chi connectivity index (χ0) is 42.9. The third kappa shape index (κ3) is 14.3. The molecule has 2 unspecified atom stereocenters. The first kappa shape index (κ1) is 47.6. The Bertz CT molecular complexity index is 1690. The summed E-state index contributed by atoms with van der Waals surface area (Å²) in [6, 6.07) is 6.07. The maximum atomic E-state index is 13.4. The molecule has 1 saturated heterocycles. The standard InChI is InChI=1S/C37H58N8O13/c1-22(37(54)55)44(5)31(50)11-14-56-16-17-57-15-12-39-35(53)26(19-30(49)42-36-32(40-23(2)47)34(52)33(51)28(21-46)58-36)41-29(48)10-13-45-25(20-43(4)38-3)18-24-8-6-7-9-27(24)45/h6-9,18,22,26,28,32-34,36,38,46,51-52H,10-17,19-21H2,1-5H3,(H,39,53)(H,40,47)(H,41,48)(H,42,49)(H,54,55)/t22?,26?,28-,32-,33-,34-,36-/m1/s1. The van der Waals surface area contributed by atoms with Crippen LogP contribution in [0, 0.1) is 0 Å². The Kier molecular flexibility index (Phi) is 19.4. The summed E-state index contributed by atoms with van der Waals surface area (Å²) in [7, 11) is 5.07. The van der Waals surface area contributed by atoms with E-state index in [1.165, 1.54) is 14.0 Å². The van der Waals surface area contributed by atoms with Crippen LogP contribution in [0.4, 0.5) is 0 Å². The number of para-hydroxylation sites is 1. The average molecular weight is 823 g/mol. The molecule has 58 heavy (non-hydrogen) atoms. The first-order chi connectivity index (χ1) is 27.6. The number of amides is 5. The van der Waals surface area contributed by atoms with Crippen molar-refractivity contribution in [3.63, 3.8) is 0 Å². The third-order valence-corrected chi connectivity index (χ3v) is 9.59. The van der Waals surface area contributed by atoms with Crippen LogP contribution >= 0.6 is 0 Å². The summed E-state index contributed by atoms with van der Waals surface area (Å²) in [6.45, 7) is 2.93. The number of aliphatic hydroxyl groups excluding tert-OH is 3. The normalized spacial score (nSPS) is 20.3. The van der Waals surface area contributed by atoms with Crippen LogP contribution < -0.4 is 26.7 Å². The molecule has 21 nitrogen and oxygen atoms in total. The number of carboxylic acids is 1. The number of carbonyl (C=O) groups excluding carboxylic acids is 5. The van der Waals surface area contributed by atoms with Crippen LogP contribution in [0.1, 0.15) is 38.8 Å². The quantitative estimate of drug-likeness (QED) is 0.0377. The van der Waals surface area contributed by atoms with Crippen molar-refractivity contribution in [3.8, 4) is 0 Å². The number of hydrazine groups is 1. The highest BCUT2D eigenvalue weighted by atomic mass is 16.5. The fourth-order valence-electron chi connectivity index (χ4n) is 6.12. The molecule has 1 aliphatic heterocycles. The summed E-state index contributed by atoms with van der Waals surface area (Å²) < 4.78 is 18.5. The molecule has 2 heterocycles. The topological polar surface area (TPSA) is 283 Å². The van der Waals surface area contributed by atoms with Gasteiger partial charge in [0.1, 0.15) is 36.4 Å². The molecule has 21 heteroatoms. The average Bonchev–Trinajstić information content (AvgIpc) is 3.54. The molecule has 2 aromatic rings. The highest BCUT2D eigenvalue weighted by Crippen LogP contribution is 2.22. The van der Waals surface area contributed by atoms with Gasteiger partial charge >= 0.3 is 5.97 Å². The Morgan fingerprint density at radius 3 is 2.29 bits per heavy atom. The summed E-state index contributed by atoms with van der Waals surface area (Å²) in [5.74, 6) is -4.16. The van der Waals surface area contributed by atoms with Gasteiger partial charge in [-0.25, -0.2) is 9.80 Å². The lowest BCUT2D eigenvalue weighted by molar-refractivity contribution is -0.203. The minimum absolute atomic E-state index is 0.0144. The summed E-state index contributed by atoms with van der Waals surface area (Å²) in [6.07, 6.45) is -6.58. The second-order valence-electron chi connectivity index (χ2n) is 13.8. The van der Waals surface area contributed by atoms with Gasteiger partial charge in [0.2, 0.25) is 29.5 Å². The zero-order valence-corrected chi connectivity index (χ0v) is 33.5. The lowest BCUT2D eigenvalue weighted by Gasteiger charge is -2.42. The van der Waals surface area contributed by atoms with Crippen molar-refractivity contribution in [2.75, 3.05) is 60.7 Å². The summed E-state index contributed by atoms with van der Waals surface area (Å²) in [5, 5.41) is 52.7. The van der Waals surface area contributed by atoms with Crippen molar-refractivity contribution in [3.05, 3.63) is 36.0 Å². The maximum Gasteiger partial charge on any atom is 0.326 e. The Balaban J connectivity index is 1.62. The van der Waals surface area contributed by atoms with Crippen molar-refractivity contribution in [2.45, 2.75) is 88.9 Å². The molecule has 3 rings (SSSR count). The van der Waals surface area contributed by atoms with Gasteiger partial charge < -0.3 is 65.4 Å². The number of aliphatic hydroxyl groups is 3. The van der Waals surface area contributed by atoms with E-state index in [0.29, 0.717) is 6.54 Å². The Morgan fingerprint density at radius 2 is 1.64 bits per heavy atom. The van der Waals surface area contributed by atoms with Crippen LogP contribution in [0.25, 0.3) is 10.9 Å². The van der Waals surface area contributed by atoms with Crippen molar-refractivity contribution in [2.24, 2.45) is 0 Å². The van der Waals surface area contributed by atoms with Gasteiger partial charge in [0.15, 0.2) is 6.23 Å². The van der Waals surface area contributed by atoms with Gasteiger partial charge in [0.05, 0.1) is 52.4 Å². The highest BCUT2D eigenvalue weighted by molar-refractivity contribution is 5.92. The number of aliphatic carboxylic acids is 1. The molecule has 0 aliphatic carbocycles. The fraction of sp³-hybridized carbons (Fsp3) is 0.622. The number of hydrogen-bond acceptors (Lipinski definition) is 14. The number of benzene rings is 1. The second kappa shape index (κ2) is 23.6. The molecular weight excluding hydrogens is 764 g/mol. The largest absolute Gasteiger partial charge is 0.480 e. The summed E-state index contributed by atoms with van der Waals surface area (Å²) >= 11 is 0. The van der Waals surface area contributed by atoms with Crippen LogP contribution in [0.3, 0.4) is 0 Å². The molecule has 1 aromatic carbocycles. The number of rotatable bonds is 24. The van der Waals surface area contributed by atoms with E-state index in [9.17, 15) is 44.1 Å². The number of carbonyl (C=O) groups is 6. The lowest BCUT2D eigenvalue weighted by Crippen LogP contribution is -2.68. The van der Waals surface area contributed by atoms with Crippen molar-refractivity contribution < 1.29 is 63.4 Å². The molecule has 7 atom stereocenters. The Hall–Kier alpha value is -4.74. The van der Waals surface area contributed by atoms with E-state index in [-0.39, 0.29) is 52.4 Å². The van der Waals surface area contributed by atoms with Gasteiger partial charge in [0, 0.05) is 51.7 Å². The molecule has 0 spiro atoms. The first-order valence-corrected chi connectivity index (χ1v) is 18.9. The van der Waals surface area contributed by atoms with E-state index in [4.69, 9.17) is 19.3 Å². The third-order valence-electron chi connectivity index (χ3n) is 9.59. The summed E-state index contributed by atoms with van der Waals surface area (Å²) in [5.41, 5.74) is 4.90. The fourth-order valence-corrected chi connectivity index (χ4v) is 6.12. The number of fused-ring (bicyclic) bond motifs is 1. The Labute approximate surface area is 336 Å². The van der Waals surface area contributed by atoms with Crippen LogP contribution in [-0.4, -0.2) is 174 Å². The number of likely N-dealkylation sites (N-methyl/N-ethyl adjacent to an activating group) is 1. The van der Waals surface area contributed by atoms with Gasteiger partial charge in [-0.2, -0.15) is 0 Å². The molecule has 5 amide bonds. The Morgan fingerprint density at radius 1 is 0.948 bits per heavy atom. The first-order valence-electron chi connectivity index (χ1n) is 18.9. The van der Waals surface area contributed by atoms with Crippen molar-refractivity contribution >= 4 is 46.4 Å². The van der Waals surface area contributed by atoms with E-state index in [0.717, 1.165) is 28.4 Å². The molecule has 9 N–H and O–H groups in total. The zero-order valence-electron chi connectivity index (χ0n) is 33.5.